The first-order valence-electron chi connectivity index (χ1n) is 13.6. The molecular weight excluding hydrogens is 522 g/mol. The van der Waals surface area contributed by atoms with Crippen molar-refractivity contribution in [3.63, 3.8) is 0 Å². The second-order valence-corrected chi connectivity index (χ2v) is 10.4. The van der Waals surface area contributed by atoms with Crippen LogP contribution in [0.1, 0.15) is 34.6 Å². The van der Waals surface area contributed by atoms with Crippen molar-refractivity contribution in [1.29, 1.82) is 0 Å². The average molecular weight is 552 g/mol. The van der Waals surface area contributed by atoms with Crippen molar-refractivity contribution in [3.8, 4) is 17.0 Å². The highest BCUT2D eigenvalue weighted by Gasteiger charge is 2.13. The van der Waals surface area contributed by atoms with Gasteiger partial charge < -0.3 is 10.1 Å². The fourth-order valence-electron chi connectivity index (χ4n) is 5.02. The second-order valence-electron chi connectivity index (χ2n) is 9.97. The normalized spacial score (nSPS) is 13.5. The molecule has 6 rings (SSSR count). The van der Waals surface area contributed by atoms with E-state index in [1.54, 1.807) is 30.3 Å². The van der Waals surface area contributed by atoms with Crippen LogP contribution in [0.5, 0.6) is 5.75 Å². The number of likely N-dealkylation sites (tertiary alicyclic amines) is 1. The lowest BCUT2D eigenvalue weighted by Crippen LogP contribution is -2.25. The van der Waals surface area contributed by atoms with Crippen LogP contribution in [-0.4, -0.2) is 51.6 Å². The van der Waals surface area contributed by atoms with Crippen LogP contribution in [0, 0.1) is 0 Å². The summed E-state index contributed by atoms with van der Waals surface area (Å²) in [6, 6.07) is 28.6. The standard InChI is InChI=1S/C32H30ClN5O2/c33-26-8-4-9-27(22-26)34-32(39)25-7-3-6-24(21-25)29-10-5-11-31-35-30(36-38(29)31)20-23-12-14-28(15-13-23)40-19-18-37-16-1-2-17-37/h3-15,21-22H,1-2,16-20H2,(H,34,39). The summed E-state index contributed by atoms with van der Waals surface area (Å²) in [5.74, 6) is 1.40. The van der Waals surface area contributed by atoms with E-state index >= 15 is 0 Å². The fourth-order valence-corrected chi connectivity index (χ4v) is 5.21. The Hall–Kier alpha value is -4.20. The number of aromatic nitrogens is 3. The first-order chi connectivity index (χ1) is 19.6. The van der Waals surface area contributed by atoms with E-state index in [-0.39, 0.29) is 5.91 Å². The van der Waals surface area contributed by atoms with Crippen LogP contribution in [0.15, 0.2) is 91.0 Å². The van der Waals surface area contributed by atoms with Crippen LogP contribution in [0.3, 0.4) is 0 Å². The summed E-state index contributed by atoms with van der Waals surface area (Å²) in [7, 11) is 0. The molecule has 1 amide bonds. The first kappa shape index (κ1) is 26.0. The molecule has 0 atom stereocenters. The number of anilines is 1. The Morgan fingerprint density at radius 2 is 1.73 bits per heavy atom. The minimum atomic E-state index is -0.209. The molecule has 5 aromatic rings. The molecule has 1 aliphatic heterocycles. The number of carbonyl (C=O) groups excluding carboxylic acids is 1. The maximum absolute atomic E-state index is 12.9. The number of hydrogen-bond donors (Lipinski definition) is 1. The lowest BCUT2D eigenvalue weighted by Gasteiger charge is -2.14. The third-order valence-electron chi connectivity index (χ3n) is 7.07. The molecule has 3 heterocycles. The van der Waals surface area contributed by atoms with Gasteiger partial charge in [-0.2, -0.15) is 5.10 Å². The predicted octanol–water partition coefficient (Wildman–Crippen LogP) is 6.37. The van der Waals surface area contributed by atoms with Gasteiger partial charge in [0.2, 0.25) is 0 Å². The Bertz CT molecular complexity index is 1630. The number of carbonyl (C=O) groups is 1. The Labute approximate surface area is 238 Å². The smallest absolute Gasteiger partial charge is 0.255 e. The number of nitrogens with zero attached hydrogens (tertiary/aromatic N) is 4. The molecule has 0 spiro atoms. The molecule has 40 heavy (non-hydrogen) atoms. The third-order valence-corrected chi connectivity index (χ3v) is 7.30. The van der Waals surface area contributed by atoms with Crippen LogP contribution < -0.4 is 10.1 Å². The number of halogens is 1. The molecular formula is C32H30ClN5O2. The zero-order valence-corrected chi connectivity index (χ0v) is 22.8. The molecule has 2 aromatic heterocycles. The number of hydrogen-bond acceptors (Lipinski definition) is 5. The molecule has 0 unspecified atom stereocenters. The van der Waals surface area contributed by atoms with Gasteiger partial charge in [0.05, 0.1) is 5.69 Å². The second kappa shape index (κ2) is 11.9. The Morgan fingerprint density at radius 1 is 0.925 bits per heavy atom. The number of pyridine rings is 1. The van der Waals surface area contributed by atoms with Crippen molar-refractivity contribution < 1.29 is 9.53 Å². The van der Waals surface area contributed by atoms with Gasteiger partial charge >= 0.3 is 0 Å². The van der Waals surface area contributed by atoms with Crippen molar-refractivity contribution in [2.75, 3.05) is 31.6 Å². The molecule has 202 valence electrons. The topological polar surface area (TPSA) is 71.8 Å². The van der Waals surface area contributed by atoms with E-state index in [0.717, 1.165) is 40.6 Å². The highest BCUT2D eigenvalue weighted by Crippen LogP contribution is 2.23. The number of ether oxygens (including phenoxy) is 1. The summed E-state index contributed by atoms with van der Waals surface area (Å²) < 4.78 is 7.77. The third kappa shape index (κ3) is 6.17. The van der Waals surface area contributed by atoms with Crippen molar-refractivity contribution in [3.05, 3.63) is 113 Å². The summed E-state index contributed by atoms with van der Waals surface area (Å²) in [6.07, 6.45) is 3.19. The van der Waals surface area contributed by atoms with Crippen LogP contribution in [0.2, 0.25) is 5.02 Å². The zero-order chi connectivity index (χ0) is 27.3. The molecule has 0 bridgehead atoms. The minimum absolute atomic E-state index is 0.209. The highest BCUT2D eigenvalue weighted by molar-refractivity contribution is 6.31. The number of fused-ring (bicyclic) bond motifs is 1. The Kier molecular flexibility index (Phi) is 7.75. The minimum Gasteiger partial charge on any atom is -0.492 e. The van der Waals surface area contributed by atoms with Crippen LogP contribution in [0.25, 0.3) is 16.9 Å². The van der Waals surface area contributed by atoms with E-state index in [9.17, 15) is 4.79 Å². The molecule has 0 aliphatic carbocycles. The summed E-state index contributed by atoms with van der Waals surface area (Å²) in [5.41, 5.74) is 4.78. The fraction of sp³-hybridized carbons (Fsp3) is 0.219. The van der Waals surface area contributed by atoms with E-state index in [1.807, 2.05) is 53.0 Å². The van der Waals surface area contributed by atoms with E-state index < -0.39 is 0 Å². The predicted molar refractivity (Wildman–Crippen MR) is 158 cm³/mol. The number of benzene rings is 3. The molecule has 0 saturated carbocycles. The Morgan fingerprint density at radius 3 is 2.55 bits per heavy atom. The molecule has 1 fully saturated rings. The number of nitrogens with one attached hydrogen (secondary N) is 1. The SMILES string of the molecule is O=C(Nc1cccc(Cl)c1)c1cccc(-c2cccc3nc(Cc4ccc(OCCN5CCCC5)cc4)nn23)c1. The molecule has 1 aliphatic rings. The lowest BCUT2D eigenvalue weighted by atomic mass is 10.1. The lowest BCUT2D eigenvalue weighted by molar-refractivity contribution is 0.102. The van der Waals surface area contributed by atoms with E-state index in [0.29, 0.717) is 29.3 Å². The zero-order valence-electron chi connectivity index (χ0n) is 22.1. The van der Waals surface area contributed by atoms with Gasteiger partial charge in [-0.05, 0) is 86.1 Å². The van der Waals surface area contributed by atoms with Gasteiger partial charge in [0.15, 0.2) is 11.5 Å². The van der Waals surface area contributed by atoms with E-state index in [4.69, 9.17) is 26.4 Å². The van der Waals surface area contributed by atoms with Crippen LogP contribution >= 0.6 is 11.6 Å². The Balaban J connectivity index is 1.15. The van der Waals surface area contributed by atoms with E-state index in [1.165, 1.54) is 25.9 Å². The summed E-state index contributed by atoms with van der Waals surface area (Å²) in [6.45, 7) is 4.05. The largest absolute Gasteiger partial charge is 0.492 e. The molecule has 1 saturated heterocycles. The van der Waals surface area contributed by atoms with Gasteiger partial charge in [0, 0.05) is 34.8 Å². The van der Waals surface area contributed by atoms with Crippen molar-refractivity contribution in [2.24, 2.45) is 0 Å². The van der Waals surface area contributed by atoms with Crippen molar-refractivity contribution in [1.82, 2.24) is 19.5 Å². The van der Waals surface area contributed by atoms with Gasteiger partial charge in [0.1, 0.15) is 12.4 Å². The maximum Gasteiger partial charge on any atom is 0.255 e. The summed E-state index contributed by atoms with van der Waals surface area (Å²) in [4.78, 5) is 20.1. The monoisotopic (exact) mass is 551 g/mol. The molecule has 8 heteroatoms. The van der Waals surface area contributed by atoms with Crippen molar-refractivity contribution >= 4 is 28.8 Å². The van der Waals surface area contributed by atoms with Gasteiger partial charge in [-0.15, -0.1) is 0 Å². The van der Waals surface area contributed by atoms with Crippen molar-refractivity contribution in [2.45, 2.75) is 19.3 Å². The summed E-state index contributed by atoms with van der Waals surface area (Å²) >= 11 is 6.06. The summed E-state index contributed by atoms with van der Waals surface area (Å²) in [5, 5.41) is 8.28. The number of amides is 1. The maximum atomic E-state index is 12.9. The molecule has 0 radical (unpaired) electrons. The van der Waals surface area contributed by atoms with Gasteiger partial charge in [0.25, 0.3) is 5.91 Å². The van der Waals surface area contributed by atoms with Gasteiger partial charge in [-0.3, -0.25) is 9.69 Å². The molecule has 7 nitrogen and oxygen atoms in total. The van der Waals surface area contributed by atoms with Gasteiger partial charge in [-0.25, -0.2) is 9.50 Å². The molecule has 1 N–H and O–H groups in total. The molecule has 3 aromatic carbocycles. The average Bonchev–Trinajstić information content (AvgIpc) is 3.64. The highest BCUT2D eigenvalue weighted by atomic mass is 35.5. The van der Waals surface area contributed by atoms with E-state index in [2.05, 4.69) is 22.3 Å². The van der Waals surface area contributed by atoms with Gasteiger partial charge in [-0.1, -0.05) is 48.0 Å². The first-order valence-corrected chi connectivity index (χ1v) is 13.9. The van der Waals surface area contributed by atoms with Crippen LogP contribution in [0.4, 0.5) is 5.69 Å². The number of rotatable bonds is 9. The van der Waals surface area contributed by atoms with Crippen LogP contribution in [-0.2, 0) is 6.42 Å². The quantitative estimate of drug-likeness (QED) is 0.230.